The smallest absolute Gasteiger partial charge is 0.311 e. The molecule has 0 aliphatic rings. The molecule has 1 heterocycles. The number of aromatic nitrogens is 2. The number of aromatic amines is 2. The minimum Gasteiger partial charge on any atom is -0.311 e. The van der Waals surface area contributed by atoms with Crippen LogP contribution in [0.5, 0.6) is 0 Å². The zero-order valence-corrected chi connectivity index (χ0v) is 6.51. The summed E-state index contributed by atoms with van der Waals surface area (Å²) in [6.07, 6.45) is 0.647. The predicted molar refractivity (Wildman–Crippen MR) is 42.2 cm³/mol. The fraction of sp³-hybridized carbons (Fsp3) is 0.286. The van der Waals surface area contributed by atoms with Crippen LogP contribution in [0.25, 0.3) is 0 Å². The summed E-state index contributed by atoms with van der Waals surface area (Å²) in [5, 5.41) is 0. The molecule has 1 aromatic rings. The third-order valence-corrected chi connectivity index (χ3v) is 1.54. The van der Waals surface area contributed by atoms with Gasteiger partial charge < -0.3 is 9.78 Å². The van der Waals surface area contributed by atoms with Crippen molar-refractivity contribution in [1.82, 2.24) is 9.97 Å². The van der Waals surface area contributed by atoms with Gasteiger partial charge in [0.05, 0.1) is 0 Å². The van der Waals surface area contributed by atoms with Crippen molar-refractivity contribution in [2.75, 3.05) is 0 Å². The van der Waals surface area contributed by atoms with Crippen molar-refractivity contribution in [3.05, 3.63) is 32.1 Å². The molecular weight excluding hydrogens is 160 g/mol. The van der Waals surface area contributed by atoms with Crippen LogP contribution < -0.4 is 11.2 Å². The van der Waals surface area contributed by atoms with Crippen molar-refractivity contribution in [2.24, 2.45) is 0 Å². The number of aldehydes is 1. The first-order valence-electron chi connectivity index (χ1n) is 3.41. The van der Waals surface area contributed by atoms with E-state index in [0.717, 1.165) is 0 Å². The highest BCUT2D eigenvalue weighted by molar-refractivity contribution is 5.54. The maximum absolute atomic E-state index is 11.0. The van der Waals surface area contributed by atoms with Gasteiger partial charge in [0, 0.05) is 17.7 Å². The van der Waals surface area contributed by atoms with Crippen LogP contribution >= 0.6 is 0 Å². The summed E-state index contributed by atoms with van der Waals surface area (Å²) in [7, 11) is 0. The Hall–Kier alpha value is -1.65. The van der Waals surface area contributed by atoms with Gasteiger partial charge in [-0.05, 0) is 6.92 Å². The number of H-pyrrole nitrogens is 2. The van der Waals surface area contributed by atoms with E-state index < -0.39 is 11.2 Å². The number of hydrogen-bond acceptors (Lipinski definition) is 3. The topological polar surface area (TPSA) is 82.8 Å². The molecule has 0 unspecified atom stereocenters. The largest absolute Gasteiger partial charge is 0.325 e. The maximum Gasteiger partial charge on any atom is 0.325 e. The van der Waals surface area contributed by atoms with Crippen LogP contribution in [0, 0.1) is 6.92 Å². The Bertz CT molecular complexity index is 402. The van der Waals surface area contributed by atoms with Gasteiger partial charge >= 0.3 is 5.69 Å². The van der Waals surface area contributed by atoms with Crippen LogP contribution in [-0.4, -0.2) is 16.3 Å². The lowest BCUT2D eigenvalue weighted by atomic mass is 10.2. The average molecular weight is 168 g/mol. The van der Waals surface area contributed by atoms with E-state index in [1.54, 1.807) is 6.92 Å². The maximum atomic E-state index is 11.0. The Labute approximate surface area is 67.5 Å². The molecule has 0 atom stereocenters. The summed E-state index contributed by atoms with van der Waals surface area (Å²) >= 11 is 0. The van der Waals surface area contributed by atoms with Crippen LogP contribution in [0.15, 0.2) is 9.59 Å². The van der Waals surface area contributed by atoms with E-state index in [1.165, 1.54) is 0 Å². The first-order valence-corrected chi connectivity index (χ1v) is 3.41. The summed E-state index contributed by atoms with van der Waals surface area (Å²) in [5.41, 5.74) is -0.295. The zero-order valence-electron chi connectivity index (χ0n) is 6.51. The molecule has 1 rings (SSSR count). The number of nitrogens with one attached hydrogen (secondary N) is 2. The normalized spacial score (nSPS) is 9.75. The van der Waals surface area contributed by atoms with Crippen molar-refractivity contribution in [1.29, 1.82) is 0 Å². The molecule has 64 valence electrons. The number of rotatable bonds is 2. The molecule has 0 spiro atoms. The van der Waals surface area contributed by atoms with E-state index >= 15 is 0 Å². The molecule has 2 N–H and O–H groups in total. The lowest BCUT2D eigenvalue weighted by Gasteiger charge is -1.97. The van der Waals surface area contributed by atoms with Gasteiger partial charge in [-0.2, -0.15) is 0 Å². The molecule has 0 fully saturated rings. The molecule has 0 aliphatic carbocycles. The standard InChI is InChI=1S/C7H8N2O3/c1-4-5(2-3-10)6(11)9-7(12)8-4/h3H,2H2,1H3,(H2,8,9,11,12). The molecule has 0 amide bonds. The molecule has 12 heavy (non-hydrogen) atoms. The van der Waals surface area contributed by atoms with Gasteiger partial charge in [0.2, 0.25) is 0 Å². The Morgan fingerprint density at radius 2 is 2.00 bits per heavy atom. The second-order valence-corrected chi connectivity index (χ2v) is 2.38. The van der Waals surface area contributed by atoms with Crippen LogP contribution in [0.4, 0.5) is 0 Å². The van der Waals surface area contributed by atoms with E-state index in [1.807, 2.05) is 4.98 Å². The summed E-state index contributed by atoms with van der Waals surface area (Å²) in [6.45, 7) is 1.58. The molecule has 0 aliphatic heterocycles. The number of carbonyl (C=O) groups is 1. The van der Waals surface area contributed by atoms with Crippen LogP contribution in [0.1, 0.15) is 11.3 Å². The lowest BCUT2D eigenvalue weighted by Crippen LogP contribution is -2.27. The summed E-state index contributed by atoms with van der Waals surface area (Å²) in [5.74, 6) is 0. The second-order valence-electron chi connectivity index (χ2n) is 2.38. The molecule has 5 nitrogen and oxygen atoms in total. The van der Waals surface area contributed by atoms with E-state index in [2.05, 4.69) is 4.98 Å². The molecule has 1 aromatic heterocycles. The molecular formula is C7H8N2O3. The molecule has 0 saturated heterocycles. The quantitative estimate of drug-likeness (QED) is 0.562. The fourth-order valence-corrected chi connectivity index (χ4v) is 0.955. The first kappa shape index (κ1) is 8.45. The van der Waals surface area contributed by atoms with Gasteiger partial charge in [0.1, 0.15) is 6.29 Å². The van der Waals surface area contributed by atoms with Gasteiger partial charge in [-0.3, -0.25) is 9.78 Å². The molecule has 0 bridgehead atoms. The van der Waals surface area contributed by atoms with E-state index in [-0.39, 0.29) is 6.42 Å². The van der Waals surface area contributed by atoms with Gasteiger partial charge in [-0.1, -0.05) is 0 Å². The Balaban J connectivity index is 3.38. The van der Waals surface area contributed by atoms with Gasteiger partial charge in [-0.25, -0.2) is 4.79 Å². The average Bonchev–Trinajstić information content (AvgIpc) is 1.96. The SMILES string of the molecule is Cc1[nH]c(=O)[nH]c(=O)c1CC=O. The van der Waals surface area contributed by atoms with Crippen molar-refractivity contribution in [2.45, 2.75) is 13.3 Å². The molecule has 0 aromatic carbocycles. The van der Waals surface area contributed by atoms with Crippen molar-refractivity contribution >= 4 is 6.29 Å². The third kappa shape index (κ3) is 1.50. The lowest BCUT2D eigenvalue weighted by molar-refractivity contribution is -0.107. The Morgan fingerprint density at radius 1 is 1.33 bits per heavy atom. The highest BCUT2D eigenvalue weighted by Gasteiger charge is 2.03. The number of hydrogen-bond donors (Lipinski definition) is 2. The Kier molecular flexibility index (Phi) is 2.23. The van der Waals surface area contributed by atoms with Gasteiger partial charge in [0.25, 0.3) is 5.56 Å². The summed E-state index contributed by atoms with van der Waals surface area (Å²) in [6, 6.07) is 0. The summed E-state index contributed by atoms with van der Waals surface area (Å²) < 4.78 is 0. The number of carbonyl (C=O) groups excluding carboxylic acids is 1. The highest BCUT2D eigenvalue weighted by Crippen LogP contribution is 1.92. The second kappa shape index (κ2) is 3.17. The van der Waals surface area contributed by atoms with E-state index in [4.69, 9.17) is 0 Å². The molecule has 0 radical (unpaired) electrons. The van der Waals surface area contributed by atoms with Crippen LogP contribution in [0.3, 0.4) is 0 Å². The fourth-order valence-electron chi connectivity index (χ4n) is 0.955. The number of aryl methyl sites for hydroxylation is 1. The highest BCUT2D eigenvalue weighted by atomic mass is 16.2. The van der Waals surface area contributed by atoms with Crippen LogP contribution in [0.2, 0.25) is 0 Å². The van der Waals surface area contributed by atoms with Crippen molar-refractivity contribution in [3.63, 3.8) is 0 Å². The molecule has 0 saturated carbocycles. The summed E-state index contributed by atoms with van der Waals surface area (Å²) in [4.78, 5) is 36.2. The first-order chi connectivity index (χ1) is 5.65. The van der Waals surface area contributed by atoms with Crippen molar-refractivity contribution in [3.8, 4) is 0 Å². The van der Waals surface area contributed by atoms with Crippen molar-refractivity contribution < 1.29 is 4.79 Å². The van der Waals surface area contributed by atoms with E-state index in [9.17, 15) is 14.4 Å². The third-order valence-electron chi connectivity index (χ3n) is 1.54. The minimum atomic E-state index is -0.549. The monoisotopic (exact) mass is 168 g/mol. The molecule has 5 heteroatoms. The zero-order chi connectivity index (χ0) is 9.14. The van der Waals surface area contributed by atoms with Crippen LogP contribution in [-0.2, 0) is 11.2 Å². The predicted octanol–water partition coefficient (Wildman–Crippen LogP) is -0.887. The van der Waals surface area contributed by atoms with Gasteiger partial charge in [0.15, 0.2) is 0 Å². The minimum absolute atomic E-state index is 0.0257. The van der Waals surface area contributed by atoms with E-state index in [0.29, 0.717) is 17.5 Å². The van der Waals surface area contributed by atoms with Gasteiger partial charge in [-0.15, -0.1) is 0 Å². The Morgan fingerprint density at radius 3 is 2.50 bits per heavy atom.